The lowest BCUT2D eigenvalue weighted by atomic mass is 9.99. The molecule has 44 heavy (non-hydrogen) atoms. The summed E-state index contributed by atoms with van der Waals surface area (Å²) in [7, 11) is 1.61. The first-order valence-corrected chi connectivity index (χ1v) is 15.6. The molecule has 2 saturated heterocycles. The largest absolute Gasteiger partial charge is 0.493 e. The summed E-state index contributed by atoms with van der Waals surface area (Å²) in [4.78, 5) is 33.3. The molecule has 2 aromatic carbocycles. The van der Waals surface area contributed by atoms with Gasteiger partial charge in [-0.3, -0.25) is 19.4 Å². The zero-order valence-corrected chi connectivity index (χ0v) is 25.4. The topological polar surface area (TPSA) is 139 Å². The van der Waals surface area contributed by atoms with Gasteiger partial charge >= 0.3 is 0 Å². The number of imide groups is 1. The van der Waals surface area contributed by atoms with E-state index < -0.39 is 0 Å². The molecule has 0 aliphatic carbocycles. The summed E-state index contributed by atoms with van der Waals surface area (Å²) in [6.45, 7) is 4.85. The number of unbranched alkanes of at least 4 members (excludes halogenated alkanes) is 2. The maximum atomic E-state index is 13.3. The molecule has 12 nitrogen and oxygen atoms in total. The van der Waals surface area contributed by atoms with Crippen molar-refractivity contribution < 1.29 is 23.8 Å². The maximum absolute atomic E-state index is 13.3. The first-order valence-electron chi connectivity index (χ1n) is 14.8. The summed E-state index contributed by atoms with van der Waals surface area (Å²) in [6.07, 6.45) is 6.78. The zero-order chi connectivity index (χ0) is 30.3. The molecule has 0 saturated carbocycles. The molecule has 0 radical (unpaired) electrons. The lowest BCUT2D eigenvalue weighted by Gasteiger charge is -2.26. The fourth-order valence-corrected chi connectivity index (χ4v) is 6.27. The van der Waals surface area contributed by atoms with Crippen molar-refractivity contribution >= 4 is 39.9 Å². The number of nitrogens with one attached hydrogen (secondary N) is 2. The molecular weight excluding hydrogens is 582 g/mol. The van der Waals surface area contributed by atoms with Crippen LogP contribution in [0.3, 0.4) is 0 Å². The van der Waals surface area contributed by atoms with Gasteiger partial charge in [0.1, 0.15) is 6.61 Å². The number of morpholine rings is 1. The third kappa shape index (κ3) is 6.95. The molecule has 0 spiro atoms. The Balaban J connectivity index is 1.21. The predicted molar refractivity (Wildman–Crippen MR) is 167 cm³/mol. The van der Waals surface area contributed by atoms with Crippen LogP contribution in [0.15, 0.2) is 47.5 Å². The number of nitrogens with zero attached hydrogens (tertiary/aromatic N) is 5. The number of aromatic amines is 2. The van der Waals surface area contributed by atoms with Crippen molar-refractivity contribution in [2.75, 3.05) is 53.1 Å². The Morgan fingerprint density at radius 2 is 1.95 bits per heavy atom. The van der Waals surface area contributed by atoms with Crippen LogP contribution < -0.4 is 9.47 Å². The number of rotatable bonds is 13. The number of carbonyl (C=O) groups excluding carboxylic acids is 2. The number of hydrogen-bond donors (Lipinski definition) is 2. The Hall–Kier alpha value is -4.20. The van der Waals surface area contributed by atoms with E-state index in [1.165, 1.54) is 4.90 Å². The smallest absolute Gasteiger partial charge is 0.293 e. The van der Waals surface area contributed by atoms with E-state index in [1.807, 2.05) is 36.5 Å². The average Bonchev–Trinajstić information content (AvgIpc) is 3.79. The van der Waals surface area contributed by atoms with Gasteiger partial charge in [0.15, 0.2) is 17.3 Å². The molecule has 6 rings (SSSR count). The number of ether oxygens (including phenoxy) is 3. The Morgan fingerprint density at radius 3 is 2.77 bits per heavy atom. The number of amides is 2. The second kappa shape index (κ2) is 14.1. The highest BCUT2D eigenvalue weighted by Gasteiger charge is 2.34. The van der Waals surface area contributed by atoms with Gasteiger partial charge in [0, 0.05) is 49.9 Å². The van der Waals surface area contributed by atoms with Crippen molar-refractivity contribution in [1.82, 2.24) is 35.4 Å². The fourth-order valence-electron chi connectivity index (χ4n) is 5.41. The highest BCUT2D eigenvalue weighted by molar-refractivity contribution is 8.18. The Kier molecular flexibility index (Phi) is 9.54. The van der Waals surface area contributed by atoms with E-state index in [1.54, 1.807) is 13.2 Å². The van der Waals surface area contributed by atoms with Crippen LogP contribution >= 0.6 is 11.8 Å². The number of hydrogen-bond acceptors (Lipinski definition) is 10. The second-order valence-corrected chi connectivity index (χ2v) is 11.6. The van der Waals surface area contributed by atoms with E-state index in [0.717, 1.165) is 85.0 Å². The minimum atomic E-state index is -0.279. The number of benzene rings is 2. The van der Waals surface area contributed by atoms with Gasteiger partial charge in [0.25, 0.3) is 11.1 Å². The SMILES string of the molecule is COc1cc(/C=C2\SC(=O)N(CCCCCc3nn[nH]n3)C2=O)cc(-c2ccc3[nH]ccc3c2)c1OCCN1CCOCC1. The summed E-state index contributed by atoms with van der Waals surface area (Å²) in [5.41, 5.74) is 3.59. The number of carbonyl (C=O) groups is 2. The van der Waals surface area contributed by atoms with Crippen LogP contribution in [0.2, 0.25) is 0 Å². The van der Waals surface area contributed by atoms with E-state index >= 15 is 0 Å². The Bertz CT molecular complexity index is 1630. The molecule has 2 amide bonds. The van der Waals surface area contributed by atoms with Gasteiger partial charge < -0.3 is 19.2 Å². The lowest BCUT2D eigenvalue weighted by molar-refractivity contribution is -0.122. The quantitative estimate of drug-likeness (QED) is 0.163. The van der Waals surface area contributed by atoms with E-state index in [9.17, 15) is 9.59 Å². The van der Waals surface area contributed by atoms with Gasteiger partial charge in [-0.15, -0.1) is 10.2 Å². The first-order chi connectivity index (χ1) is 21.6. The highest BCUT2D eigenvalue weighted by Crippen LogP contribution is 2.42. The highest BCUT2D eigenvalue weighted by atomic mass is 32.2. The van der Waals surface area contributed by atoms with Gasteiger partial charge in [-0.2, -0.15) is 5.21 Å². The van der Waals surface area contributed by atoms with Crippen molar-refractivity contribution in [2.24, 2.45) is 0 Å². The second-order valence-electron chi connectivity index (χ2n) is 10.7. The molecule has 13 heteroatoms. The number of methoxy groups -OCH3 is 1. The molecule has 0 atom stereocenters. The van der Waals surface area contributed by atoms with Gasteiger partial charge in [-0.05, 0) is 77.5 Å². The molecule has 230 valence electrons. The van der Waals surface area contributed by atoms with E-state index in [-0.39, 0.29) is 11.1 Å². The number of tetrazole rings is 1. The summed E-state index contributed by atoms with van der Waals surface area (Å²) < 4.78 is 17.7. The third-order valence-corrected chi connectivity index (χ3v) is 8.67. The van der Waals surface area contributed by atoms with Crippen molar-refractivity contribution in [3.8, 4) is 22.6 Å². The Morgan fingerprint density at radius 1 is 1.07 bits per heavy atom. The molecule has 4 heterocycles. The molecule has 0 bridgehead atoms. The average molecular weight is 618 g/mol. The van der Waals surface area contributed by atoms with Crippen LogP contribution in [0.25, 0.3) is 28.1 Å². The van der Waals surface area contributed by atoms with Crippen molar-refractivity contribution in [3.05, 3.63) is 58.9 Å². The third-order valence-electron chi connectivity index (χ3n) is 7.76. The zero-order valence-electron chi connectivity index (χ0n) is 24.6. The van der Waals surface area contributed by atoms with Crippen LogP contribution in [0, 0.1) is 0 Å². The standard InChI is InChI=1S/C31H35N7O5S/c1-41-26-18-21(19-27-30(39)38(31(40)44-27)10-4-2-3-5-28-33-35-36-34-28)17-24(22-6-7-25-23(20-22)8-9-32-25)29(26)43-16-13-37-11-14-42-15-12-37/h6-9,17-20,32H,2-5,10-16H2,1H3,(H,33,34,35,36)/b27-19-. The van der Waals surface area contributed by atoms with Crippen LogP contribution in [0.5, 0.6) is 11.5 Å². The van der Waals surface area contributed by atoms with Gasteiger partial charge in [0.2, 0.25) is 0 Å². The van der Waals surface area contributed by atoms with E-state index in [0.29, 0.717) is 48.2 Å². The molecule has 2 aliphatic heterocycles. The lowest BCUT2D eigenvalue weighted by Crippen LogP contribution is -2.38. The van der Waals surface area contributed by atoms with Crippen LogP contribution in [-0.2, 0) is 16.0 Å². The minimum absolute atomic E-state index is 0.257. The number of fused-ring (bicyclic) bond motifs is 1. The van der Waals surface area contributed by atoms with Crippen LogP contribution in [-0.4, -0.2) is 99.7 Å². The molecule has 4 aromatic rings. The molecule has 2 aliphatic rings. The maximum Gasteiger partial charge on any atom is 0.293 e. The fraction of sp³-hybridized carbons (Fsp3) is 0.387. The van der Waals surface area contributed by atoms with Crippen molar-refractivity contribution in [1.29, 1.82) is 0 Å². The normalized spacial score (nSPS) is 16.8. The van der Waals surface area contributed by atoms with Gasteiger partial charge in [-0.25, -0.2) is 0 Å². The first kappa shape index (κ1) is 29.9. The van der Waals surface area contributed by atoms with E-state index in [2.05, 4.69) is 36.6 Å². The van der Waals surface area contributed by atoms with Crippen LogP contribution in [0.1, 0.15) is 30.7 Å². The molecule has 2 aromatic heterocycles. The Labute approximate surface area is 259 Å². The molecule has 2 N–H and O–H groups in total. The predicted octanol–water partition coefficient (Wildman–Crippen LogP) is 4.52. The summed E-state index contributed by atoms with van der Waals surface area (Å²) in [5, 5.41) is 14.7. The van der Waals surface area contributed by atoms with Crippen LogP contribution in [0.4, 0.5) is 4.79 Å². The van der Waals surface area contributed by atoms with Crippen molar-refractivity contribution in [2.45, 2.75) is 25.7 Å². The molecule has 2 fully saturated rings. The van der Waals surface area contributed by atoms with Gasteiger partial charge in [0.05, 0.1) is 25.2 Å². The molecule has 0 unspecified atom stereocenters. The number of aryl methyl sites for hydroxylation is 1. The summed E-state index contributed by atoms with van der Waals surface area (Å²) in [6, 6.07) is 12.1. The van der Waals surface area contributed by atoms with Gasteiger partial charge in [-0.1, -0.05) is 17.7 Å². The number of thioether (sulfide) groups is 1. The monoisotopic (exact) mass is 617 g/mol. The number of aromatic nitrogens is 5. The van der Waals surface area contributed by atoms with E-state index in [4.69, 9.17) is 14.2 Å². The minimum Gasteiger partial charge on any atom is -0.493 e. The summed E-state index contributed by atoms with van der Waals surface area (Å²) >= 11 is 0.965. The summed E-state index contributed by atoms with van der Waals surface area (Å²) in [5.74, 6) is 1.58. The number of H-pyrrole nitrogens is 2. The van der Waals surface area contributed by atoms with Crippen molar-refractivity contribution in [3.63, 3.8) is 0 Å². The molecular formula is C31H35N7O5S.